The van der Waals surface area contributed by atoms with Gasteiger partial charge in [0.1, 0.15) is 6.04 Å². The molecule has 3 N–H and O–H groups in total. The number of halogens is 1. The highest BCUT2D eigenvalue weighted by molar-refractivity contribution is 9.10. The van der Waals surface area contributed by atoms with E-state index in [2.05, 4.69) is 32.1 Å². The van der Waals surface area contributed by atoms with E-state index in [4.69, 9.17) is 4.74 Å². The Hall–Kier alpha value is -2.22. The fraction of sp³-hybridized carbons (Fsp3) is 0.263. The van der Waals surface area contributed by atoms with Gasteiger partial charge in [0.15, 0.2) is 0 Å². The molecule has 0 radical (unpaired) electrons. The van der Waals surface area contributed by atoms with Crippen LogP contribution in [0.25, 0.3) is 0 Å². The average molecular weight is 418 g/mol. The molecule has 6 nitrogen and oxygen atoms in total. The molecular weight excluding hydrogens is 398 g/mol. The molecule has 3 rings (SSSR count). The van der Waals surface area contributed by atoms with Crippen LogP contribution in [0.3, 0.4) is 0 Å². The van der Waals surface area contributed by atoms with Crippen LogP contribution in [0.2, 0.25) is 0 Å². The van der Waals surface area contributed by atoms with E-state index in [0.717, 1.165) is 10.0 Å². The van der Waals surface area contributed by atoms with Crippen molar-refractivity contribution >= 4 is 33.5 Å². The van der Waals surface area contributed by atoms with Crippen molar-refractivity contribution < 1.29 is 14.3 Å². The summed E-state index contributed by atoms with van der Waals surface area (Å²) < 4.78 is 6.05. The first-order valence-electron chi connectivity index (χ1n) is 8.42. The van der Waals surface area contributed by atoms with Crippen molar-refractivity contribution in [1.29, 1.82) is 0 Å². The fourth-order valence-corrected chi connectivity index (χ4v) is 3.10. The highest BCUT2D eigenvalue weighted by Crippen LogP contribution is 2.25. The van der Waals surface area contributed by atoms with Crippen molar-refractivity contribution in [2.24, 2.45) is 0 Å². The lowest BCUT2D eigenvalue weighted by molar-refractivity contribution is -0.117. The van der Waals surface area contributed by atoms with Crippen LogP contribution in [0.4, 0.5) is 5.69 Å². The monoisotopic (exact) mass is 417 g/mol. The third-order valence-electron chi connectivity index (χ3n) is 4.17. The minimum atomic E-state index is -0.450. The molecule has 26 heavy (non-hydrogen) atoms. The number of rotatable bonds is 5. The van der Waals surface area contributed by atoms with Gasteiger partial charge in [0.05, 0.1) is 17.9 Å². The largest absolute Gasteiger partial charge is 0.462 e. The van der Waals surface area contributed by atoms with Crippen molar-refractivity contribution in [3.8, 4) is 0 Å². The second-order valence-electron chi connectivity index (χ2n) is 5.94. The molecule has 1 aliphatic heterocycles. The molecule has 2 atom stereocenters. The Bertz CT molecular complexity index is 795. The number of benzene rings is 2. The van der Waals surface area contributed by atoms with E-state index in [1.807, 2.05) is 24.3 Å². The summed E-state index contributed by atoms with van der Waals surface area (Å²) in [6.07, 6.45) is 0.606. The standard InChI is InChI=1S/C19H20BrN3O3/c1-2-26-19(25)14-5-3-4-6-15(14)21-18(24)17-11-16(22-23-17)12-7-9-13(20)10-8-12/h3-10,16-17,22-23H,2,11H2,1H3,(H,21,24). The molecule has 1 saturated heterocycles. The lowest BCUT2D eigenvalue weighted by atomic mass is 10.0. The molecule has 136 valence electrons. The van der Waals surface area contributed by atoms with Crippen LogP contribution < -0.4 is 16.2 Å². The van der Waals surface area contributed by atoms with Gasteiger partial charge in [-0.05, 0) is 43.2 Å². The molecule has 1 amide bonds. The van der Waals surface area contributed by atoms with Crippen LogP contribution in [0, 0.1) is 0 Å². The fourth-order valence-electron chi connectivity index (χ4n) is 2.84. The van der Waals surface area contributed by atoms with E-state index in [-0.39, 0.29) is 18.6 Å². The smallest absolute Gasteiger partial charge is 0.340 e. The van der Waals surface area contributed by atoms with Gasteiger partial charge in [-0.15, -0.1) is 0 Å². The van der Waals surface area contributed by atoms with Crippen LogP contribution in [0.5, 0.6) is 0 Å². The van der Waals surface area contributed by atoms with Crippen molar-refractivity contribution in [1.82, 2.24) is 10.9 Å². The molecule has 0 aliphatic carbocycles. The maximum Gasteiger partial charge on any atom is 0.340 e. The number of amides is 1. The Kier molecular flexibility index (Phi) is 6.03. The molecule has 2 unspecified atom stereocenters. The number of hydrazine groups is 1. The summed E-state index contributed by atoms with van der Waals surface area (Å²) in [6, 6.07) is 14.4. The van der Waals surface area contributed by atoms with Gasteiger partial charge in [0, 0.05) is 10.5 Å². The first kappa shape index (κ1) is 18.6. The number of ether oxygens (including phenoxy) is 1. The molecule has 2 aromatic rings. The van der Waals surface area contributed by atoms with Gasteiger partial charge >= 0.3 is 5.97 Å². The predicted molar refractivity (Wildman–Crippen MR) is 103 cm³/mol. The second-order valence-corrected chi connectivity index (χ2v) is 6.85. The topological polar surface area (TPSA) is 79.5 Å². The van der Waals surface area contributed by atoms with Gasteiger partial charge < -0.3 is 10.1 Å². The molecule has 1 aliphatic rings. The van der Waals surface area contributed by atoms with Crippen molar-refractivity contribution in [2.45, 2.75) is 25.4 Å². The SMILES string of the molecule is CCOC(=O)c1ccccc1NC(=O)C1CC(c2ccc(Br)cc2)NN1. The number of carbonyl (C=O) groups is 2. The summed E-state index contributed by atoms with van der Waals surface area (Å²) >= 11 is 3.42. The van der Waals surface area contributed by atoms with Gasteiger partial charge in [-0.2, -0.15) is 0 Å². The highest BCUT2D eigenvalue weighted by Gasteiger charge is 2.30. The summed E-state index contributed by atoms with van der Waals surface area (Å²) in [4.78, 5) is 24.6. The third-order valence-corrected chi connectivity index (χ3v) is 4.70. The lowest BCUT2D eigenvalue weighted by Crippen LogP contribution is -2.39. The van der Waals surface area contributed by atoms with Crippen LogP contribution in [0.1, 0.15) is 35.3 Å². The molecular formula is C19H20BrN3O3. The minimum absolute atomic E-state index is 0.0409. The zero-order chi connectivity index (χ0) is 18.5. The summed E-state index contributed by atoms with van der Waals surface area (Å²) in [7, 11) is 0. The molecule has 7 heteroatoms. The Morgan fingerprint density at radius 3 is 2.62 bits per heavy atom. The highest BCUT2D eigenvalue weighted by atomic mass is 79.9. The summed E-state index contributed by atoms with van der Waals surface area (Å²) in [5.74, 6) is -0.650. The van der Waals surface area contributed by atoms with Crippen molar-refractivity contribution in [3.63, 3.8) is 0 Å². The van der Waals surface area contributed by atoms with Crippen LogP contribution >= 0.6 is 15.9 Å². The number of hydrogen-bond acceptors (Lipinski definition) is 5. The number of para-hydroxylation sites is 1. The van der Waals surface area contributed by atoms with E-state index >= 15 is 0 Å². The van der Waals surface area contributed by atoms with Crippen molar-refractivity contribution in [2.75, 3.05) is 11.9 Å². The molecule has 0 saturated carbocycles. The van der Waals surface area contributed by atoms with Crippen LogP contribution in [-0.2, 0) is 9.53 Å². The predicted octanol–water partition coefficient (Wildman–Crippen LogP) is 3.17. The van der Waals surface area contributed by atoms with Crippen LogP contribution in [0.15, 0.2) is 53.0 Å². The quantitative estimate of drug-likeness (QED) is 0.651. The molecule has 1 heterocycles. The van der Waals surface area contributed by atoms with Gasteiger partial charge in [0.25, 0.3) is 0 Å². The number of anilines is 1. The molecule has 2 aromatic carbocycles. The molecule has 1 fully saturated rings. The first-order valence-corrected chi connectivity index (χ1v) is 9.21. The average Bonchev–Trinajstić information content (AvgIpc) is 3.13. The zero-order valence-corrected chi connectivity index (χ0v) is 15.9. The Morgan fingerprint density at radius 2 is 1.88 bits per heavy atom. The Morgan fingerprint density at radius 1 is 1.15 bits per heavy atom. The maximum atomic E-state index is 12.6. The summed E-state index contributed by atoms with van der Waals surface area (Å²) in [6.45, 7) is 2.03. The maximum absolute atomic E-state index is 12.6. The normalized spacial score (nSPS) is 19.2. The number of nitrogens with one attached hydrogen (secondary N) is 3. The van der Waals surface area contributed by atoms with E-state index in [0.29, 0.717) is 17.7 Å². The third kappa shape index (κ3) is 4.30. The van der Waals surface area contributed by atoms with E-state index in [1.165, 1.54) is 0 Å². The Labute approximate surface area is 160 Å². The number of esters is 1. The number of carbonyl (C=O) groups excluding carboxylic acids is 2. The number of hydrogen-bond donors (Lipinski definition) is 3. The van der Waals surface area contributed by atoms with Gasteiger partial charge in [0.2, 0.25) is 5.91 Å². The zero-order valence-electron chi connectivity index (χ0n) is 14.3. The second kappa shape index (κ2) is 8.44. The van der Waals surface area contributed by atoms with Crippen LogP contribution in [-0.4, -0.2) is 24.5 Å². The summed E-state index contributed by atoms with van der Waals surface area (Å²) in [5, 5.41) is 2.82. The van der Waals surface area contributed by atoms with E-state index in [1.54, 1.807) is 31.2 Å². The van der Waals surface area contributed by atoms with Gasteiger partial charge in [-0.25, -0.2) is 15.6 Å². The van der Waals surface area contributed by atoms with E-state index < -0.39 is 12.0 Å². The minimum Gasteiger partial charge on any atom is -0.462 e. The molecule has 0 aromatic heterocycles. The lowest BCUT2D eigenvalue weighted by Gasteiger charge is -2.13. The summed E-state index contributed by atoms with van der Waals surface area (Å²) in [5.41, 5.74) is 8.07. The van der Waals surface area contributed by atoms with E-state index in [9.17, 15) is 9.59 Å². The molecule has 0 spiro atoms. The first-order chi connectivity index (χ1) is 12.6. The van der Waals surface area contributed by atoms with Gasteiger partial charge in [-0.3, -0.25) is 4.79 Å². The Balaban J connectivity index is 1.66. The molecule has 0 bridgehead atoms. The van der Waals surface area contributed by atoms with Gasteiger partial charge in [-0.1, -0.05) is 40.2 Å². The van der Waals surface area contributed by atoms with Crippen molar-refractivity contribution in [3.05, 3.63) is 64.1 Å².